The van der Waals surface area contributed by atoms with E-state index in [0.29, 0.717) is 18.0 Å². The summed E-state index contributed by atoms with van der Waals surface area (Å²) in [6.45, 7) is 0.879. The molecular formula is C22H21BCl3N5O2S. The van der Waals surface area contributed by atoms with Crippen molar-refractivity contribution in [3.8, 4) is 11.3 Å². The molecule has 0 spiro atoms. The number of fused-ring (bicyclic) bond motifs is 1. The van der Waals surface area contributed by atoms with Crippen molar-refractivity contribution in [3.05, 3.63) is 69.8 Å². The average Bonchev–Trinajstić information content (AvgIpc) is 3.19. The molecule has 0 atom stereocenters. The zero-order chi connectivity index (χ0) is 24.3. The minimum atomic E-state index is -3.74. The quantitative estimate of drug-likeness (QED) is 0.251. The Morgan fingerprint density at radius 2 is 1.71 bits per heavy atom. The van der Waals surface area contributed by atoms with Crippen LogP contribution < -0.4 is 15.5 Å². The SMILES string of the molecule is Bc1cnn2c(NCCCCNS(=O)(=O)c3cccc(Cl)c3Cl)cc(-c3ccccc3Cl)nc12. The Hall–Kier alpha value is -2.30. The molecule has 0 bridgehead atoms. The van der Waals surface area contributed by atoms with Gasteiger partial charge in [-0.3, -0.25) is 0 Å². The van der Waals surface area contributed by atoms with Crippen molar-refractivity contribution >= 4 is 69.6 Å². The van der Waals surface area contributed by atoms with Crippen LogP contribution in [0.5, 0.6) is 0 Å². The molecule has 2 heterocycles. The summed E-state index contributed by atoms with van der Waals surface area (Å²) in [6.07, 6.45) is 3.10. The molecule has 176 valence electrons. The first-order valence-electron chi connectivity index (χ1n) is 10.6. The van der Waals surface area contributed by atoms with E-state index in [4.69, 9.17) is 39.8 Å². The molecule has 0 aliphatic carbocycles. The first kappa shape index (κ1) is 24.8. The van der Waals surface area contributed by atoms with E-state index in [9.17, 15) is 8.42 Å². The molecule has 0 fully saturated rings. The fourth-order valence-corrected chi connectivity index (χ4v) is 5.51. The normalized spacial score (nSPS) is 11.7. The minimum absolute atomic E-state index is 0.0175. The highest BCUT2D eigenvalue weighted by molar-refractivity contribution is 7.89. The molecule has 2 aromatic carbocycles. The lowest BCUT2D eigenvalue weighted by atomic mass is 10.0. The van der Waals surface area contributed by atoms with Gasteiger partial charge in [0.05, 0.1) is 15.7 Å². The van der Waals surface area contributed by atoms with Crippen LogP contribution in [-0.2, 0) is 10.0 Å². The number of aromatic nitrogens is 3. The zero-order valence-electron chi connectivity index (χ0n) is 18.2. The Balaban J connectivity index is 1.40. The second kappa shape index (κ2) is 10.5. The number of sulfonamides is 1. The molecule has 2 N–H and O–H groups in total. The maximum Gasteiger partial charge on any atom is 0.242 e. The molecule has 34 heavy (non-hydrogen) atoms. The van der Waals surface area contributed by atoms with Crippen LogP contribution in [0.4, 0.5) is 5.82 Å². The summed E-state index contributed by atoms with van der Waals surface area (Å²) >= 11 is 18.4. The highest BCUT2D eigenvalue weighted by Crippen LogP contribution is 2.29. The highest BCUT2D eigenvalue weighted by atomic mass is 35.5. The molecule has 0 saturated carbocycles. The third kappa shape index (κ3) is 5.34. The number of halogens is 3. The van der Waals surface area contributed by atoms with E-state index in [-0.39, 0.29) is 21.5 Å². The van der Waals surface area contributed by atoms with E-state index in [1.165, 1.54) is 6.07 Å². The maximum atomic E-state index is 12.5. The third-order valence-electron chi connectivity index (χ3n) is 5.21. The molecule has 2 aromatic heterocycles. The van der Waals surface area contributed by atoms with Crippen LogP contribution in [0, 0.1) is 0 Å². The van der Waals surface area contributed by atoms with Crippen LogP contribution in [0.1, 0.15) is 12.8 Å². The molecule has 12 heteroatoms. The number of anilines is 1. The number of hydrogen-bond donors (Lipinski definition) is 2. The summed E-state index contributed by atoms with van der Waals surface area (Å²) in [5.41, 5.74) is 3.27. The second-order valence-corrected chi connectivity index (χ2v) is 10.6. The van der Waals surface area contributed by atoms with Gasteiger partial charge in [-0.25, -0.2) is 18.1 Å². The Kier molecular flexibility index (Phi) is 7.69. The summed E-state index contributed by atoms with van der Waals surface area (Å²) in [4.78, 5) is 4.70. The van der Waals surface area contributed by atoms with Gasteiger partial charge in [-0.15, -0.1) is 0 Å². The molecule has 0 radical (unpaired) electrons. The first-order valence-corrected chi connectivity index (χ1v) is 13.2. The Labute approximate surface area is 213 Å². The predicted octanol–water partition coefficient (Wildman–Crippen LogP) is 3.79. The van der Waals surface area contributed by atoms with E-state index in [2.05, 4.69) is 15.1 Å². The molecule has 0 aliphatic rings. The molecule has 4 aromatic rings. The van der Waals surface area contributed by atoms with E-state index < -0.39 is 10.0 Å². The second-order valence-electron chi connectivity index (χ2n) is 7.65. The lowest BCUT2D eigenvalue weighted by Crippen LogP contribution is -2.25. The molecular weight excluding hydrogens is 516 g/mol. The summed E-state index contributed by atoms with van der Waals surface area (Å²) in [6, 6.07) is 14.0. The Bertz CT molecular complexity index is 1450. The van der Waals surface area contributed by atoms with Gasteiger partial charge in [0.2, 0.25) is 10.0 Å². The monoisotopic (exact) mass is 535 g/mol. The largest absolute Gasteiger partial charge is 0.370 e. The van der Waals surface area contributed by atoms with E-state index >= 15 is 0 Å². The molecule has 0 unspecified atom stereocenters. The van der Waals surface area contributed by atoms with Gasteiger partial charge in [0.1, 0.15) is 18.6 Å². The average molecular weight is 537 g/mol. The van der Waals surface area contributed by atoms with Crippen molar-refractivity contribution in [2.45, 2.75) is 17.7 Å². The van der Waals surface area contributed by atoms with Gasteiger partial charge in [0, 0.05) is 35.9 Å². The third-order valence-corrected chi connectivity index (χ3v) is 7.97. The fourth-order valence-electron chi connectivity index (χ4n) is 3.45. The predicted molar refractivity (Wildman–Crippen MR) is 141 cm³/mol. The van der Waals surface area contributed by atoms with Crippen LogP contribution in [0.3, 0.4) is 0 Å². The number of nitrogens with zero attached hydrogens (tertiary/aromatic N) is 3. The van der Waals surface area contributed by atoms with Gasteiger partial charge >= 0.3 is 0 Å². The van der Waals surface area contributed by atoms with Gasteiger partial charge in [-0.1, -0.05) is 59.1 Å². The number of benzene rings is 2. The summed E-state index contributed by atoms with van der Waals surface area (Å²) < 4.78 is 29.3. The van der Waals surface area contributed by atoms with E-state index in [1.807, 2.05) is 38.2 Å². The topological polar surface area (TPSA) is 88.4 Å². The highest BCUT2D eigenvalue weighted by Gasteiger charge is 2.19. The van der Waals surface area contributed by atoms with Crippen LogP contribution in [-0.4, -0.2) is 44.0 Å². The summed E-state index contributed by atoms with van der Waals surface area (Å²) in [7, 11) is -1.79. The van der Waals surface area contributed by atoms with Crippen molar-refractivity contribution in [1.82, 2.24) is 19.3 Å². The molecule has 0 aliphatic heterocycles. The van der Waals surface area contributed by atoms with Crippen molar-refractivity contribution < 1.29 is 8.42 Å². The van der Waals surface area contributed by atoms with Crippen LogP contribution in [0.25, 0.3) is 16.9 Å². The number of hydrogen-bond acceptors (Lipinski definition) is 5. The lowest BCUT2D eigenvalue weighted by molar-refractivity contribution is 0.577. The minimum Gasteiger partial charge on any atom is -0.370 e. The van der Waals surface area contributed by atoms with E-state index in [1.54, 1.807) is 22.8 Å². The van der Waals surface area contributed by atoms with Crippen LogP contribution >= 0.6 is 34.8 Å². The Morgan fingerprint density at radius 1 is 0.971 bits per heavy atom. The zero-order valence-corrected chi connectivity index (χ0v) is 21.3. The van der Waals surface area contributed by atoms with Crippen LogP contribution in [0.2, 0.25) is 15.1 Å². The molecule has 0 amide bonds. The number of nitrogens with one attached hydrogen (secondary N) is 2. The van der Waals surface area contributed by atoms with Crippen LogP contribution in [0.15, 0.2) is 59.6 Å². The van der Waals surface area contributed by atoms with Crippen molar-refractivity contribution in [3.63, 3.8) is 0 Å². The molecule has 7 nitrogen and oxygen atoms in total. The lowest BCUT2D eigenvalue weighted by Gasteiger charge is -2.12. The molecule has 0 saturated heterocycles. The van der Waals surface area contributed by atoms with Gasteiger partial charge < -0.3 is 5.32 Å². The molecule has 4 rings (SSSR count). The number of unbranched alkanes of at least 4 members (excludes halogenated alkanes) is 1. The van der Waals surface area contributed by atoms with Gasteiger partial charge in [-0.2, -0.15) is 9.61 Å². The van der Waals surface area contributed by atoms with Crippen molar-refractivity contribution in [2.75, 3.05) is 18.4 Å². The smallest absolute Gasteiger partial charge is 0.242 e. The van der Waals surface area contributed by atoms with Gasteiger partial charge in [0.25, 0.3) is 0 Å². The summed E-state index contributed by atoms with van der Waals surface area (Å²) in [5, 5.41) is 8.63. The standard InChI is InChI=1S/C22H21BCl3N5O2S/c23-15-13-28-31-20(12-18(30-22(15)31)14-6-1-2-7-16(14)24)27-10-3-4-11-29-34(32,33)19-9-5-8-17(25)21(19)26/h1-2,5-9,12-13,27,29H,3-4,10-11,23H2. The van der Waals surface area contributed by atoms with Crippen molar-refractivity contribution in [2.24, 2.45) is 0 Å². The summed E-state index contributed by atoms with van der Waals surface area (Å²) in [5.74, 6) is 0.777. The number of rotatable bonds is 9. The van der Waals surface area contributed by atoms with E-state index in [0.717, 1.165) is 34.6 Å². The van der Waals surface area contributed by atoms with Gasteiger partial charge in [-0.05, 0) is 36.5 Å². The van der Waals surface area contributed by atoms with Gasteiger partial charge in [0.15, 0.2) is 5.65 Å². The van der Waals surface area contributed by atoms with Crippen molar-refractivity contribution in [1.29, 1.82) is 0 Å². The maximum absolute atomic E-state index is 12.5. The first-order chi connectivity index (χ1) is 16.3. The fraction of sp³-hybridized carbons (Fsp3) is 0.182. The Morgan fingerprint density at radius 3 is 2.50 bits per heavy atom.